The molecule has 0 amide bonds. The van der Waals surface area contributed by atoms with E-state index < -0.39 is 0 Å². The number of hydrogen-bond donors (Lipinski definition) is 1. The van der Waals surface area contributed by atoms with Gasteiger partial charge in [0.2, 0.25) is 0 Å². The molecule has 0 aromatic heterocycles. The normalized spacial score (nSPS) is 28.3. The van der Waals surface area contributed by atoms with Gasteiger partial charge in [-0.1, -0.05) is 19.1 Å². The lowest BCUT2D eigenvalue weighted by molar-refractivity contribution is 0.202. The van der Waals surface area contributed by atoms with Crippen molar-refractivity contribution >= 4 is 5.57 Å². The third kappa shape index (κ3) is 2.09. The molecule has 1 aromatic carbocycles. The average Bonchev–Trinajstić information content (AvgIpc) is 3.26. The van der Waals surface area contributed by atoms with E-state index in [2.05, 4.69) is 26.0 Å². The van der Waals surface area contributed by atoms with Crippen molar-refractivity contribution in [1.29, 1.82) is 0 Å². The highest BCUT2D eigenvalue weighted by atomic mass is 16.3. The number of fused-ring (bicyclic) bond motifs is 5. The van der Waals surface area contributed by atoms with Crippen LogP contribution in [0, 0.1) is 5.92 Å². The number of hydrogen-bond acceptors (Lipinski definition) is 1. The quantitative estimate of drug-likeness (QED) is 0.839. The Hall–Kier alpha value is -1.08. The van der Waals surface area contributed by atoms with Crippen molar-refractivity contribution in [2.75, 3.05) is 0 Å². The molecule has 0 aliphatic heterocycles. The van der Waals surface area contributed by atoms with Gasteiger partial charge < -0.3 is 5.11 Å². The Balaban J connectivity index is 1.89. The summed E-state index contributed by atoms with van der Waals surface area (Å²) in [5.41, 5.74) is 9.05. The monoisotopic (exact) mass is 282 g/mol. The van der Waals surface area contributed by atoms with Gasteiger partial charge in [-0.2, -0.15) is 0 Å². The van der Waals surface area contributed by atoms with Crippen LogP contribution in [0.1, 0.15) is 74.1 Å². The first-order valence-electron chi connectivity index (χ1n) is 8.73. The Morgan fingerprint density at radius 2 is 2.00 bits per heavy atom. The third-order valence-electron chi connectivity index (χ3n) is 6.05. The van der Waals surface area contributed by atoms with Crippen LogP contribution in [0.25, 0.3) is 5.57 Å². The van der Waals surface area contributed by atoms with Gasteiger partial charge in [0, 0.05) is 0 Å². The van der Waals surface area contributed by atoms with E-state index in [0.717, 1.165) is 31.1 Å². The summed E-state index contributed by atoms with van der Waals surface area (Å²) in [6, 6.07) is 4.78. The Labute approximate surface area is 128 Å². The van der Waals surface area contributed by atoms with E-state index in [1.54, 1.807) is 11.1 Å². The number of aliphatic hydroxyl groups excluding tert-OH is 1. The molecule has 3 atom stereocenters. The van der Waals surface area contributed by atoms with Gasteiger partial charge in [0.05, 0.1) is 6.10 Å². The minimum Gasteiger partial charge on any atom is -0.389 e. The molecule has 21 heavy (non-hydrogen) atoms. The summed E-state index contributed by atoms with van der Waals surface area (Å²) in [5, 5.41) is 10.4. The van der Waals surface area contributed by atoms with Crippen LogP contribution in [0.15, 0.2) is 17.7 Å². The summed E-state index contributed by atoms with van der Waals surface area (Å²) in [7, 11) is 0. The highest BCUT2D eigenvalue weighted by Gasteiger charge is 2.42. The van der Waals surface area contributed by atoms with Gasteiger partial charge >= 0.3 is 0 Å². The molecule has 112 valence electrons. The fourth-order valence-corrected chi connectivity index (χ4v) is 4.76. The van der Waals surface area contributed by atoms with E-state index in [4.69, 9.17) is 0 Å². The lowest BCUT2D eigenvalue weighted by Crippen LogP contribution is -2.17. The molecule has 1 saturated carbocycles. The highest BCUT2D eigenvalue weighted by molar-refractivity contribution is 5.76. The van der Waals surface area contributed by atoms with Gasteiger partial charge in [-0.15, -0.1) is 0 Å². The molecule has 0 spiro atoms. The maximum absolute atomic E-state index is 10.4. The number of allylic oxidation sites excluding steroid dienone is 1. The van der Waals surface area contributed by atoms with E-state index in [9.17, 15) is 5.11 Å². The first kappa shape index (κ1) is 13.6. The summed E-state index contributed by atoms with van der Waals surface area (Å²) in [4.78, 5) is 0. The molecule has 0 radical (unpaired) electrons. The van der Waals surface area contributed by atoms with Crippen molar-refractivity contribution in [1.82, 2.24) is 0 Å². The summed E-state index contributed by atoms with van der Waals surface area (Å²) in [6.07, 6.45) is 8.20. The molecule has 1 N–H and O–H groups in total. The predicted molar refractivity (Wildman–Crippen MR) is 87.4 cm³/mol. The zero-order valence-electron chi connectivity index (χ0n) is 13.3. The summed E-state index contributed by atoms with van der Waals surface area (Å²) in [5.74, 6) is 1.78. The zero-order chi connectivity index (χ0) is 14.6. The van der Waals surface area contributed by atoms with Crippen LogP contribution in [-0.2, 0) is 12.8 Å². The Morgan fingerprint density at radius 1 is 1.19 bits per heavy atom. The maximum atomic E-state index is 10.4. The molecule has 3 unspecified atom stereocenters. The summed E-state index contributed by atoms with van der Waals surface area (Å²) in [6.45, 7) is 4.34. The molecule has 1 nitrogen and oxygen atoms in total. The van der Waals surface area contributed by atoms with Crippen molar-refractivity contribution in [3.05, 3.63) is 40.0 Å². The minimum atomic E-state index is -0.241. The second-order valence-electron chi connectivity index (χ2n) is 7.24. The van der Waals surface area contributed by atoms with Gasteiger partial charge in [0.15, 0.2) is 0 Å². The van der Waals surface area contributed by atoms with Crippen LogP contribution in [0.5, 0.6) is 0 Å². The van der Waals surface area contributed by atoms with Crippen LogP contribution in [0.4, 0.5) is 0 Å². The Kier molecular flexibility index (Phi) is 3.22. The smallest absolute Gasteiger partial charge is 0.0753 e. The maximum Gasteiger partial charge on any atom is 0.0753 e. The van der Waals surface area contributed by atoms with Crippen LogP contribution in [0.2, 0.25) is 0 Å². The molecule has 0 saturated heterocycles. The number of rotatable bonds is 2. The molecule has 1 aromatic rings. The van der Waals surface area contributed by atoms with Crippen LogP contribution in [-0.4, -0.2) is 11.2 Å². The van der Waals surface area contributed by atoms with Gasteiger partial charge in [-0.25, -0.2) is 0 Å². The Morgan fingerprint density at radius 3 is 2.81 bits per heavy atom. The van der Waals surface area contributed by atoms with Crippen molar-refractivity contribution < 1.29 is 5.11 Å². The van der Waals surface area contributed by atoms with Crippen molar-refractivity contribution in [2.24, 2.45) is 5.92 Å². The third-order valence-corrected chi connectivity index (χ3v) is 6.05. The average molecular weight is 282 g/mol. The molecule has 0 bridgehead atoms. The molecular formula is C20H26O. The van der Waals surface area contributed by atoms with Crippen LogP contribution < -0.4 is 0 Å². The highest BCUT2D eigenvalue weighted by Crippen LogP contribution is 2.56. The fourth-order valence-electron chi connectivity index (χ4n) is 4.76. The van der Waals surface area contributed by atoms with E-state index >= 15 is 0 Å². The molecule has 0 heterocycles. The predicted octanol–water partition coefficient (Wildman–Crippen LogP) is 4.62. The lowest BCUT2D eigenvalue weighted by atomic mass is 9.78. The fraction of sp³-hybridized carbons (Fsp3) is 0.600. The molecule has 1 heteroatoms. The first-order valence-corrected chi connectivity index (χ1v) is 8.73. The van der Waals surface area contributed by atoms with E-state index in [1.165, 1.54) is 48.0 Å². The van der Waals surface area contributed by atoms with Gasteiger partial charge in [0.1, 0.15) is 0 Å². The molecule has 1 fully saturated rings. The minimum absolute atomic E-state index is 0.241. The summed E-state index contributed by atoms with van der Waals surface area (Å²) >= 11 is 0. The number of aliphatic hydroxyl groups is 1. The first-order chi connectivity index (χ1) is 10.2. The molecular weight excluding hydrogens is 256 g/mol. The van der Waals surface area contributed by atoms with E-state index in [0.29, 0.717) is 0 Å². The van der Waals surface area contributed by atoms with Crippen LogP contribution >= 0.6 is 0 Å². The van der Waals surface area contributed by atoms with E-state index in [1.807, 2.05) is 0 Å². The largest absolute Gasteiger partial charge is 0.389 e. The van der Waals surface area contributed by atoms with Crippen LogP contribution in [0.3, 0.4) is 0 Å². The molecule has 3 aliphatic carbocycles. The van der Waals surface area contributed by atoms with E-state index in [-0.39, 0.29) is 6.10 Å². The second-order valence-corrected chi connectivity index (χ2v) is 7.24. The zero-order valence-corrected chi connectivity index (χ0v) is 13.3. The SMILES string of the molecule is CCC(O)C1=C(C)c2c(ccc3c2C2CC2CCC3)CC1. The second kappa shape index (κ2) is 4.98. The van der Waals surface area contributed by atoms with Gasteiger partial charge in [-0.05, 0) is 97.1 Å². The molecule has 4 rings (SSSR count). The summed E-state index contributed by atoms with van der Waals surface area (Å²) < 4.78 is 0. The standard InChI is InChI=1S/C20H26O/c1-3-18(21)16-10-9-14-8-7-13-5-4-6-15-11-17(15)20(13)19(14)12(16)2/h7-8,15,17-18,21H,3-6,9-11H2,1-2H3. The number of benzene rings is 1. The van der Waals surface area contributed by atoms with Gasteiger partial charge in [-0.3, -0.25) is 0 Å². The van der Waals surface area contributed by atoms with Crippen molar-refractivity contribution in [2.45, 2.75) is 70.8 Å². The Bertz CT molecular complexity index is 611. The number of aryl methyl sites for hydroxylation is 2. The molecule has 3 aliphatic rings. The topological polar surface area (TPSA) is 20.2 Å². The van der Waals surface area contributed by atoms with Gasteiger partial charge in [0.25, 0.3) is 0 Å². The van der Waals surface area contributed by atoms with Crippen molar-refractivity contribution in [3.8, 4) is 0 Å². The lowest BCUT2D eigenvalue weighted by Gasteiger charge is -2.28. The van der Waals surface area contributed by atoms with Crippen molar-refractivity contribution in [3.63, 3.8) is 0 Å².